The van der Waals surface area contributed by atoms with Crippen LogP contribution in [0.25, 0.3) is 6.08 Å². The van der Waals surface area contributed by atoms with Crippen molar-refractivity contribution in [1.29, 1.82) is 0 Å². The fourth-order valence-electron chi connectivity index (χ4n) is 1.25. The molecular formula is C11H12F3NO. The van der Waals surface area contributed by atoms with Crippen molar-refractivity contribution >= 4 is 6.08 Å². The number of benzene rings is 1. The lowest BCUT2D eigenvalue weighted by Crippen LogP contribution is -2.07. The second kappa shape index (κ2) is 5.03. The summed E-state index contributed by atoms with van der Waals surface area (Å²) in [5, 5.41) is 0. The van der Waals surface area contributed by atoms with Crippen LogP contribution in [0.2, 0.25) is 0 Å². The molecule has 1 aromatic rings. The van der Waals surface area contributed by atoms with Gasteiger partial charge in [-0.2, -0.15) is 13.2 Å². The van der Waals surface area contributed by atoms with Crippen molar-refractivity contribution in [2.24, 2.45) is 5.73 Å². The second-order valence-corrected chi connectivity index (χ2v) is 3.09. The highest BCUT2D eigenvalue weighted by molar-refractivity contribution is 5.56. The van der Waals surface area contributed by atoms with Crippen molar-refractivity contribution in [2.75, 3.05) is 13.7 Å². The predicted octanol–water partition coefficient (Wildman–Crippen LogP) is 2.69. The van der Waals surface area contributed by atoms with Crippen molar-refractivity contribution < 1.29 is 17.9 Å². The minimum absolute atomic E-state index is 0.0822. The Labute approximate surface area is 91.5 Å². The molecule has 0 atom stereocenters. The molecule has 0 unspecified atom stereocenters. The van der Waals surface area contributed by atoms with Crippen LogP contribution in [-0.4, -0.2) is 13.7 Å². The van der Waals surface area contributed by atoms with E-state index in [1.165, 1.54) is 31.4 Å². The van der Waals surface area contributed by atoms with Crippen LogP contribution in [0.4, 0.5) is 13.2 Å². The van der Waals surface area contributed by atoms with Crippen molar-refractivity contribution in [2.45, 2.75) is 6.18 Å². The van der Waals surface area contributed by atoms with Gasteiger partial charge >= 0.3 is 6.18 Å². The van der Waals surface area contributed by atoms with Gasteiger partial charge in [-0.05, 0) is 17.7 Å². The summed E-state index contributed by atoms with van der Waals surface area (Å²) >= 11 is 0. The van der Waals surface area contributed by atoms with E-state index in [4.69, 9.17) is 10.5 Å². The van der Waals surface area contributed by atoms with E-state index in [-0.39, 0.29) is 17.9 Å². The molecule has 0 spiro atoms. The fraction of sp³-hybridized carbons (Fsp3) is 0.273. The molecule has 0 aliphatic heterocycles. The van der Waals surface area contributed by atoms with E-state index < -0.39 is 11.7 Å². The summed E-state index contributed by atoms with van der Waals surface area (Å²) in [4.78, 5) is 0. The van der Waals surface area contributed by atoms with E-state index in [1.54, 1.807) is 0 Å². The summed E-state index contributed by atoms with van der Waals surface area (Å²) in [7, 11) is 1.32. The molecule has 0 radical (unpaired) electrons. The highest BCUT2D eigenvalue weighted by Gasteiger charge is 2.33. The van der Waals surface area contributed by atoms with Crippen molar-refractivity contribution in [3.8, 4) is 5.75 Å². The largest absolute Gasteiger partial charge is 0.497 e. The van der Waals surface area contributed by atoms with Gasteiger partial charge < -0.3 is 10.5 Å². The number of hydrogen-bond donors (Lipinski definition) is 1. The molecule has 0 fully saturated rings. The number of methoxy groups -OCH3 is 1. The molecule has 0 heterocycles. The Balaban J connectivity index is 3.22. The molecule has 0 aromatic heterocycles. The van der Waals surface area contributed by atoms with E-state index in [9.17, 15) is 13.2 Å². The molecule has 5 heteroatoms. The standard InChI is InChI=1S/C11H12F3NO/c1-16-9-5-4-8(3-2-6-15)10(7-9)11(12,13)14/h2-5,7H,6,15H2,1H3/b3-2+. The van der Waals surface area contributed by atoms with Crippen LogP contribution >= 0.6 is 0 Å². The van der Waals surface area contributed by atoms with Gasteiger partial charge in [-0.3, -0.25) is 0 Å². The Morgan fingerprint density at radius 3 is 2.56 bits per heavy atom. The number of alkyl halides is 3. The van der Waals surface area contributed by atoms with Gasteiger partial charge in [0.2, 0.25) is 0 Å². The summed E-state index contributed by atoms with van der Waals surface area (Å²) in [5.74, 6) is 0.178. The van der Waals surface area contributed by atoms with Crippen LogP contribution in [0, 0.1) is 0 Å². The first-order valence-electron chi connectivity index (χ1n) is 4.61. The zero-order chi connectivity index (χ0) is 12.2. The highest BCUT2D eigenvalue weighted by Crippen LogP contribution is 2.34. The molecule has 0 saturated carbocycles. The van der Waals surface area contributed by atoms with Gasteiger partial charge in [-0.1, -0.05) is 18.2 Å². The van der Waals surface area contributed by atoms with Crippen LogP contribution in [0.3, 0.4) is 0 Å². The first-order chi connectivity index (χ1) is 7.49. The van der Waals surface area contributed by atoms with Crippen molar-refractivity contribution in [3.05, 3.63) is 35.4 Å². The molecule has 0 bridgehead atoms. The Bertz CT molecular complexity index is 385. The minimum atomic E-state index is -4.40. The quantitative estimate of drug-likeness (QED) is 0.868. The van der Waals surface area contributed by atoms with E-state index in [0.717, 1.165) is 6.07 Å². The lowest BCUT2D eigenvalue weighted by atomic mass is 10.1. The zero-order valence-corrected chi connectivity index (χ0v) is 8.71. The second-order valence-electron chi connectivity index (χ2n) is 3.09. The van der Waals surface area contributed by atoms with Crippen LogP contribution in [0.5, 0.6) is 5.75 Å². The third-order valence-corrected chi connectivity index (χ3v) is 2.00. The Kier molecular flexibility index (Phi) is 3.95. The normalized spacial score (nSPS) is 12.1. The predicted molar refractivity (Wildman–Crippen MR) is 56.1 cm³/mol. The smallest absolute Gasteiger partial charge is 0.417 e. The maximum Gasteiger partial charge on any atom is 0.417 e. The molecular weight excluding hydrogens is 219 g/mol. The van der Waals surface area contributed by atoms with Gasteiger partial charge in [0.15, 0.2) is 0 Å². The van der Waals surface area contributed by atoms with E-state index in [0.29, 0.717) is 0 Å². The van der Waals surface area contributed by atoms with Crippen molar-refractivity contribution in [3.63, 3.8) is 0 Å². The minimum Gasteiger partial charge on any atom is -0.497 e. The Hall–Kier alpha value is -1.49. The van der Waals surface area contributed by atoms with Crippen LogP contribution in [-0.2, 0) is 6.18 Å². The van der Waals surface area contributed by atoms with E-state index in [2.05, 4.69) is 0 Å². The molecule has 16 heavy (non-hydrogen) atoms. The van der Waals surface area contributed by atoms with Gasteiger partial charge in [0.1, 0.15) is 5.75 Å². The average Bonchev–Trinajstić information content (AvgIpc) is 2.25. The third kappa shape index (κ3) is 3.00. The van der Waals surface area contributed by atoms with E-state index in [1.807, 2.05) is 0 Å². The first-order valence-corrected chi connectivity index (χ1v) is 4.61. The number of nitrogens with two attached hydrogens (primary N) is 1. The van der Waals surface area contributed by atoms with Gasteiger partial charge in [0.05, 0.1) is 12.7 Å². The summed E-state index contributed by atoms with van der Waals surface area (Å²) < 4.78 is 42.8. The maximum atomic E-state index is 12.7. The monoisotopic (exact) mass is 231 g/mol. The summed E-state index contributed by atoms with van der Waals surface area (Å²) in [5.41, 5.74) is 4.56. The average molecular weight is 231 g/mol. The number of halogens is 3. The maximum absolute atomic E-state index is 12.7. The summed E-state index contributed by atoms with van der Waals surface area (Å²) in [6.45, 7) is 0.198. The van der Waals surface area contributed by atoms with Gasteiger partial charge in [0, 0.05) is 6.54 Å². The molecule has 1 rings (SSSR count). The first kappa shape index (κ1) is 12.6. The molecule has 0 aliphatic rings. The Morgan fingerprint density at radius 1 is 1.38 bits per heavy atom. The van der Waals surface area contributed by atoms with Crippen LogP contribution in [0.15, 0.2) is 24.3 Å². The molecule has 2 N–H and O–H groups in total. The van der Waals surface area contributed by atoms with Gasteiger partial charge in [-0.15, -0.1) is 0 Å². The summed E-state index contributed by atoms with van der Waals surface area (Å²) in [6, 6.07) is 3.80. The number of rotatable bonds is 3. The molecule has 0 amide bonds. The Morgan fingerprint density at radius 2 is 2.06 bits per heavy atom. The molecule has 2 nitrogen and oxygen atoms in total. The number of ether oxygens (including phenoxy) is 1. The van der Waals surface area contributed by atoms with E-state index >= 15 is 0 Å². The third-order valence-electron chi connectivity index (χ3n) is 2.00. The molecule has 0 saturated heterocycles. The molecule has 88 valence electrons. The lowest BCUT2D eigenvalue weighted by molar-refractivity contribution is -0.137. The summed E-state index contributed by atoms with van der Waals surface area (Å²) in [6.07, 6.45) is -1.58. The highest BCUT2D eigenvalue weighted by atomic mass is 19.4. The lowest BCUT2D eigenvalue weighted by Gasteiger charge is -2.11. The van der Waals surface area contributed by atoms with Crippen LogP contribution in [0.1, 0.15) is 11.1 Å². The number of hydrogen-bond acceptors (Lipinski definition) is 2. The fourth-order valence-corrected chi connectivity index (χ4v) is 1.25. The molecule has 0 aliphatic carbocycles. The zero-order valence-electron chi connectivity index (χ0n) is 8.71. The van der Waals surface area contributed by atoms with Gasteiger partial charge in [0.25, 0.3) is 0 Å². The topological polar surface area (TPSA) is 35.2 Å². The van der Waals surface area contributed by atoms with Crippen LogP contribution < -0.4 is 10.5 Å². The molecule has 1 aromatic carbocycles. The van der Waals surface area contributed by atoms with Crippen molar-refractivity contribution in [1.82, 2.24) is 0 Å². The SMILES string of the molecule is COc1ccc(/C=C/CN)c(C(F)(F)F)c1. The van der Waals surface area contributed by atoms with Gasteiger partial charge in [-0.25, -0.2) is 0 Å².